The molecule has 0 saturated heterocycles. The molecule has 1 amide bonds. The number of ether oxygens (including phenoxy) is 1. The summed E-state index contributed by atoms with van der Waals surface area (Å²) in [6.45, 7) is 0.861. The van der Waals surface area contributed by atoms with Crippen LogP contribution in [0, 0.1) is 0 Å². The zero-order chi connectivity index (χ0) is 18.2. The summed E-state index contributed by atoms with van der Waals surface area (Å²) in [7, 11) is 0. The minimum absolute atomic E-state index is 0.0931. The number of aromatic nitrogens is 3. The van der Waals surface area contributed by atoms with Crippen molar-refractivity contribution < 1.29 is 9.53 Å². The van der Waals surface area contributed by atoms with Crippen molar-refractivity contribution in [2.45, 2.75) is 5.16 Å². The number of nitrogens with one attached hydrogen (secondary N) is 2. The van der Waals surface area contributed by atoms with Gasteiger partial charge in [-0.15, -0.1) is 5.10 Å². The van der Waals surface area contributed by atoms with Crippen LogP contribution in [0.25, 0.3) is 11.4 Å². The minimum atomic E-state index is -0.0931. The third-order valence-electron chi connectivity index (χ3n) is 3.35. The summed E-state index contributed by atoms with van der Waals surface area (Å²) in [5, 5.41) is 11.0. The second-order valence-corrected chi connectivity index (χ2v) is 6.65. The molecule has 0 bridgehead atoms. The van der Waals surface area contributed by atoms with Gasteiger partial charge in [-0.05, 0) is 36.4 Å². The molecule has 3 aromatic rings. The molecule has 2 aromatic carbocycles. The lowest BCUT2D eigenvalue weighted by molar-refractivity contribution is -0.118. The van der Waals surface area contributed by atoms with E-state index < -0.39 is 0 Å². The van der Waals surface area contributed by atoms with Gasteiger partial charge in [0.2, 0.25) is 11.1 Å². The molecule has 26 heavy (non-hydrogen) atoms. The number of thioether (sulfide) groups is 1. The highest BCUT2D eigenvalue weighted by Crippen LogP contribution is 2.20. The van der Waals surface area contributed by atoms with E-state index in [1.807, 2.05) is 42.5 Å². The third kappa shape index (κ3) is 5.50. The number of benzene rings is 2. The van der Waals surface area contributed by atoms with Gasteiger partial charge in [-0.3, -0.25) is 9.89 Å². The molecular formula is C18H17ClN4O2S. The van der Waals surface area contributed by atoms with Crippen molar-refractivity contribution in [2.75, 3.05) is 18.9 Å². The van der Waals surface area contributed by atoms with Crippen LogP contribution in [-0.4, -0.2) is 40.0 Å². The van der Waals surface area contributed by atoms with E-state index in [4.69, 9.17) is 16.3 Å². The molecular weight excluding hydrogens is 372 g/mol. The second-order valence-electron chi connectivity index (χ2n) is 5.27. The molecule has 8 heteroatoms. The second kappa shape index (κ2) is 9.26. The fraction of sp³-hybridized carbons (Fsp3) is 0.167. The summed E-state index contributed by atoms with van der Waals surface area (Å²) in [5.41, 5.74) is 0.885. The predicted molar refractivity (Wildman–Crippen MR) is 102 cm³/mol. The van der Waals surface area contributed by atoms with Crippen LogP contribution in [0.15, 0.2) is 59.8 Å². The zero-order valence-electron chi connectivity index (χ0n) is 13.8. The van der Waals surface area contributed by atoms with Crippen LogP contribution in [0.1, 0.15) is 0 Å². The van der Waals surface area contributed by atoms with Crippen LogP contribution in [-0.2, 0) is 4.79 Å². The number of amides is 1. The first-order valence-electron chi connectivity index (χ1n) is 7.96. The van der Waals surface area contributed by atoms with Gasteiger partial charge in [-0.1, -0.05) is 41.6 Å². The highest BCUT2D eigenvalue weighted by molar-refractivity contribution is 7.99. The Hall–Kier alpha value is -2.51. The number of carbonyl (C=O) groups is 1. The van der Waals surface area contributed by atoms with Crippen LogP contribution in [0.5, 0.6) is 5.75 Å². The van der Waals surface area contributed by atoms with Crippen molar-refractivity contribution in [3.05, 3.63) is 59.6 Å². The van der Waals surface area contributed by atoms with Crippen molar-refractivity contribution >= 4 is 29.3 Å². The van der Waals surface area contributed by atoms with Crippen molar-refractivity contribution in [1.29, 1.82) is 0 Å². The fourth-order valence-corrected chi connectivity index (χ4v) is 2.86. The molecule has 0 spiro atoms. The average molecular weight is 389 g/mol. The Labute approximate surface area is 160 Å². The molecule has 0 aliphatic heterocycles. The predicted octanol–water partition coefficient (Wildman–Crippen LogP) is 3.41. The number of aromatic amines is 1. The lowest BCUT2D eigenvalue weighted by Gasteiger charge is -2.06. The molecule has 0 radical (unpaired) electrons. The van der Waals surface area contributed by atoms with Gasteiger partial charge in [0.25, 0.3) is 0 Å². The summed E-state index contributed by atoms with van der Waals surface area (Å²) in [6.07, 6.45) is 0. The summed E-state index contributed by atoms with van der Waals surface area (Å²) in [4.78, 5) is 16.2. The zero-order valence-corrected chi connectivity index (χ0v) is 15.4. The lowest BCUT2D eigenvalue weighted by atomic mass is 10.2. The van der Waals surface area contributed by atoms with Crippen molar-refractivity contribution in [2.24, 2.45) is 0 Å². The van der Waals surface area contributed by atoms with Gasteiger partial charge < -0.3 is 10.1 Å². The van der Waals surface area contributed by atoms with Crippen molar-refractivity contribution in [3.63, 3.8) is 0 Å². The molecule has 134 valence electrons. The van der Waals surface area contributed by atoms with Gasteiger partial charge in [-0.2, -0.15) is 0 Å². The monoisotopic (exact) mass is 388 g/mol. The topological polar surface area (TPSA) is 79.9 Å². The Morgan fingerprint density at radius 1 is 1.15 bits per heavy atom. The standard InChI is InChI=1S/C18H17ClN4O2S/c19-14-8-6-13(7-9-14)17-21-18(23-22-17)26-12-16(24)20-10-11-25-15-4-2-1-3-5-15/h1-9H,10-12H2,(H,20,24)(H,21,22,23). The first kappa shape index (κ1) is 18.3. The quantitative estimate of drug-likeness (QED) is 0.456. The Morgan fingerprint density at radius 3 is 2.69 bits per heavy atom. The van der Waals surface area contributed by atoms with E-state index in [1.165, 1.54) is 11.8 Å². The van der Waals surface area contributed by atoms with E-state index in [0.29, 0.717) is 29.2 Å². The van der Waals surface area contributed by atoms with Gasteiger partial charge in [-0.25, -0.2) is 4.98 Å². The highest BCUT2D eigenvalue weighted by Gasteiger charge is 2.09. The van der Waals surface area contributed by atoms with E-state index in [1.54, 1.807) is 12.1 Å². The molecule has 3 rings (SSSR count). The SMILES string of the molecule is O=C(CSc1n[nH]c(-c2ccc(Cl)cc2)n1)NCCOc1ccccc1. The Morgan fingerprint density at radius 2 is 1.92 bits per heavy atom. The molecule has 0 saturated carbocycles. The summed E-state index contributed by atoms with van der Waals surface area (Å²) >= 11 is 7.14. The maximum atomic E-state index is 11.9. The first-order chi connectivity index (χ1) is 12.7. The maximum Gasteiger partial charge on any atom is 0.230 e. The molecule has 0 aliphatic rings. The largest absolute Gasteiger partial charge is 0.492 e. The number of hydrogen-bond acceptors (Lipinski definition) is 5. The van der Waals surface area contributed by atoms with Crippen LogP contribution < -0.4 is 10.1 Å². The lowest BCUT2D eigenvalue weighted by Crippen LogP contribution is -2.29. The van der Waals surface area contributed by atoms with Gasteiger partial charge in [0.05, 0.1) is 12.3 Å². The van der Waals surface area contributed by atoms with Gasteiger partial charge in [0.15, 0.2) is 5.82 Å². The highest BCUT2D eigenvalue weighted by atomic mass is 35.5. The van der Waals surface area contributed by atoms with Crippen LogP contribution in [0.4, 0.5) is 0 Å². The maximum absolute atomic E-state index is 11.9. The van der Waals surface area contributed by atoms with Crippen molar-refractivity contribution in [1.82, 2.24) is 20.5 Å². The van der Waals surface area contributed by atoms with Crippen LogP contribution in [0.2, 0.25) is 5.02 Å². The minimum Gasteiger partial charge on any atom is -0.492 e. The van der Waals surface area contributed by atoms with E-state index in [9.17, 15) is 4.79 Å². The number of H-pyrrole nitrogens is 1. The smallest absolute Gasteiger partial charge is 0.230 e. The van der Waals surface area contributed by atoms with Crippen LogP contribution in [0.3, 0.4) is 0 Å². The number of para-hydroxylation sites is 1. The molecule has 0 aliphatic carbocycles. The van der Waals surface area contributed by atoms with E-state index >= 15 is 0 Å². The Balaban J connectivity index is 1.38. The summed E-state index contributed by atoms with van der Waals surface area (Å²) < 4.78 is 5.52. The number of rotatable bonds is 8. The number of carbonyl (C=O) groups excluding carboxylic acids is 1. The Kier molecular flexibility index (Phi) is 6.51. The van der Waals surface area contributed by atoms with E-state index in [-0.39, 0.29) is 11.7 Å². The van der Waals surface area contributed by atoms with E-state index in [0.717, 1.165) is 11.3 Å². The van der Waals surface area contributed by atoms with E-state index in [2.05, 4.69) is 20.5 Å². The molecule has 2 N–H and O–H groups in total. The third-order valence-corrected chi connectivity index (χ3v) is 4.45. The first-order valence-corrected chi connectivity index (χ1v) is 9.33. The molecule has 0 atom stereocenters. The molecule has 6 nitrogen and oxygen atoms in total. The van der Waals surface area contributed by atoms with Crippen molar-refractivity contribution in [3.8, 4) is 17.1 Å². The molecule has 1 aromatic heterocycles. The molecule has 0 unspecified atom stereocenters. The fourth-order valence-electron chi connectivity index (χ4n) is 2.11. The number of nitrogens with zero attached hydrogens (tertiary/aromatic N) is 2. The number of hydrogen-bond donors (Lipinski definition) is 2. The van der Waals surface area contributed by atoms with Gasteiger partial charge in [0.1, 0.15) is 12.4 Å². The van der Waals surface area contributed by atoms with Gasteiger partial charge in [0, 0.05) is 10.6 Å². The summed E-state index contributed by atoms with van der Waals surface area (Å²) in [5.74, 6) is 1.57. The summed E-state index contributed by atoms with van der Waals surface area (Å²) in [6, 6.07) is 16.8. The molecule has 0 fully saturated rings. The average Bonchev–Trinajstić information content (AvgIpc) is 3.14. The number of halogens is 1. The Bertz CT molecular complexity index is 840. The van der Waals surface area contributed by atoms with Crippen LogP contribution >= 0.6 is 23.4 Å². The normalized spacial score (nSPS) is 10.5. The molecule has 1 heterocycles. The van der Waals surface area contributed by atoms with Gasteiger partial charge >= 0.3 is 0 Å².